The second-order valence-corrected chi connectivity index (χ2v) is 3.04. The van der Waals surface area contributed by atoms with Crippen molar-refractivity contribution in [3.05, 3.63) is 34.4 Å². The summed E-state index contributed by atoms with van der Waals surface area (Å²) < 4.78 is 38.1. The first kappa shape index (κ1) is 12.7. The lowest BCUT2D eigenvalue weighted by Gasteiger charge is -2.13. The summed E-state index contributed by atoms with van der Waals surface area (Å²) in [5, 5.41) is 8.58. The summed E-state index contributed by atoms with van der Waals surface area (Å²) in [4.78, 5) is 21.5. The van der Waals surface area contributed by atoms with Crippen molar-refractivity contribution in [2.24, 2.45) is 5.73 Å². The zero-order chi connectivity index (χ0) is 13.2. The van der Waals surface area contributed by atoms with Crippen LogP contribution >= 0.6 is 0 Å². The number of nitrogens with zero attached hydrogens (tertiary/aromatic N) is 1. The SMILES string of the molecule is N#Cc1ccc(C(N)=O)c(C(F)(F)F)c1C=O. The molecule has 0 saturated carbocycles. The molecule has 1 aromatic rings. The Balaban J connectivity index is 3.76. The van der Waals surface area contributed by atoms with Crippen molar-refractivity contribution in [2.45, 2.75) is 6.18 Å². The first-order valence-electron chi connectivity index (χ1n) is 4.22. The van der Waals surface area contributed by atoms with Crippen LogP contribution in [0.5, 0.6) is 0 Å². The summed E-state index contributed by atoms with van der Waals surface area (Å²) in [5.74, 6) is -1.31. The Morgan fingerprint density at radius 3 is 2.35 bits per heavy atom. The number of hydrogen-bond acceptors (Lipinski definition) is 3. The average Bonchev–Trinajstić information content (AvgIpc) is 2.25. The monoisotopic (exact) mass is 242 g/mol. The molecule has 1 aromatic carbocycles. The third-order valence-corrected chi connectivity index (χ3v) is 2.03. The predicted octanol–water partition coefficient (Wildman–Crippen LogP) is 1.49. The van der Waals surface area contributed by atoms with Crippen molar-refractivity contribution in [1.29, 1.82) is 5.26 Å². The highest BCUT2D eigenvalue weighted by Crippen LogP contribution is 2.35. The van der Waals surface area contributed by atoms with Crippen LogP contribution in [0.1, 0.15) is 31.8 Å². The molecule has 1 amide bonds. The molecule has 0 spiro atoms. The summed E-state index contributed by atoms with van der Waals surface area (Å²) in [7, 11) is 0. The third-order valence-electron chi connectivity index (χ3n) is 2.03. The second kappa shape index (κ2) is 4.25. The number of carbonyl (C=O) groups excluding carboxylic acids is 2. The van der Waals surface area contributed by atoms with Crippen LogP contribution < -0.4 is 5.73 Å². The molecule has 0 aromatic heterocycles. The number of carbonyl (C=O) groups is 2. The van der Waals surface area contributed by atoms with E-state index in [-0.39, 0.29) is 6.29 Å². The zero-order valence-electron chi connectivity index (χ0n) is 8.21. The predicted molar refractivity (Wildman–Crippen MR) is 50.1 cm³/mol. The van der Waals surface area contributed by atoms with E-state index in [1.807, 2.05) is 0 Å². The molecule has 0 fully saturated rings. The Hall–Kier alpha value is -2.36. The van der Waals surface area contributed by atoms with E-state index in [1.165, 1.54) is 6.07 Å². The van der Waals surface area contributed by atoms with Crippen molar-refractivity contribution >= 4 is 12.2 Å². The van der Waals surface area contributed by atoms with Gasteiger partial charge in [-0.05, 0) is 12.1 Å². The fraction of sp³-hybridized carbons (Fsp3) is 0.100. The summed E-state index contributed by atoms with van der Waals surface area (Å²) >= 11 is 0. The van der Waals surface area contributed by atoms with Crippen LogP contribution in [0.2, 0.25) is 0 Å². The van der Waals surface area contributed by atoms with Gasteiger partial charge in [-0.3, -0.25) is 9.59 Å². The van der Waals surface area contributed by atoms with Gasteiger partial charge in [0, 0.05) is 5.56 Å². The van der Waals surface area contributed by atoms with Gasteiger partial charge in [-0.1, -0.05) is 0 Å². The van der Waals surface area contributed by atoms with Crippen LogP contribution in [0.25, 0.3) is 0 Å². The van der Waals surface area contributed by atoms with Gasteiger partial charge >= 0.3 is 6.18 Å². The molecule has 0 atom stereocenters. The number of rotatable bonds is 2. The molecule has 0 bridgehead atoms. The lowest BCUT2D eigenvalue weighted by atomic mass is 9.96. The van der Waals surface area contributed by atoms with Gasteiger partial charge in [-0.25, -0.2) is 0 Å². The van der Waals surface area contributed by atoms with Crippen LogP contribution in [-0.4, -0.2) is 12.2 Å². The number of aldehydes is 1. The van der Waals surface area contributed by atoms with Crippen molar-refractivity contribution in [3.63, 3.8) is 0 Å². The fourth-order valence-electron chi connectivity index (χ4n) is 1.35. The second-order valence-electron chi connectivity index (χ2n) is 3.04. The topological polar surface area (TPSA) is 83.9 Å². The van der Waals surface area contributed by atoms with E-state index in [1.54, 1.807) is 0 Å². The van der Waals surface area contributed by atoms with E-state index in [2.05, 4.69) is 0 Å². The molecule has 17 heavy (non-hydrogen) atoms. The van der Waals surface area contributed by atoms with E-state index >= 15 is 0 Å². The van der Waals surface area contributed by atoms with E-state index in [0.717, 1.165) is 12.1 Å². The Morgan fingerprint density at radius 2 is 2.00 bits per heavy atom. The van der Waals surface area contributed by atoms with E-state index in [4.69, 9.17) is 11.0 Å². The van der Waals surface area contributed by atoms with Gasteiger partial charge in [0.15, 0.2) is 6.29 Å². The Bertz CT molecular complexity index is 530. The van der Waals surface area contributed by atoms with Crippen molar-refractivity contribution < 1.29 is 22.8 Å². The molecule has 2 N–H and O–H groups in total. The molecule has 0 heterocycles. The standard InChI is InChI=1S/C10H5F3N2O2/c11-10(12,13)8-6(9(15)17)2-1-5(3-14)7(8)4-16/h1-2,4H,(H2,15,17). The number of halogens is 3. The first-order chi connectivity index (χ1) is 7.82. The smallest absolute Gasteiger partial charge is 0.366 e. The Kier molecular flexibility index (Phi) is 3.18. The van der Waals surface area contributed by atoms with Crippen LogP contribution in [0.4, 0.5) is 13.2 Å². The largest absolute Gasteiger partial charge is 0.417 e. The summed E-state index contributed by atoms with van der Waals surface area (Å²) in [6.45, 7) is 0. The fourth-order valence-corrected chi connectivity index (χ4v) is 1.35. The first-order valence-corrected chi connectivity index (χ1v) is 4.22. The third kappa shape index (κ3) is 2.25. The van der Waals surface area contributed by atoms with Crippen LogP contribution in [0, 0.1) is 11.3 Å². The van der Waals surface area contributed by atoms with Gasteiger partial charge < -0.3 is 5.73 Å². The average molecular weight is 242 g/mol. The van der Waals surface area contributed by atoms with E-state index < -0.39 is 34.3 Å². The highest BCUT2D eigenvalue weighted by Gasteiger charge is 2.38. The van der Waals surface area contributed by atoms with Gasteiger partial charge in [0.1, 0.15) is 0 Å². The lowest BCUT2D eigenvalue weighted by molar-refractivity contribution is -0.138. The van der Waals surface area contributed by atoms with Crippen LogP contribution in [-0.2, 0) is 6.18 Å². The van der Waals surface area contributed by atoms with Gasteiger partial charge in [0.05, 0.1) is 22.8 Å². The Morgan fingerprint density at radius 1 is 1.41 bits per heavy atom. The number of nitrogens with two attached hydrogens (primary N) is 1. The normalized spacial score (nSPS) is 10.7. The van der Waals surface area contributed by atoms with Gasteiger partial charge in [0.2, 0.25) is 5.91 Å². The molecule has 4 nitrogen and oxygen atoms in total. The number of hydrogen-bond donors (Lipinski definition) is 1. The van der Waals surface area contributed by atoms with E-state index in [0.29, 0.717) is 0 Å². The van der Waals surface area contributed by atoms with Gasteiger partial charge in [-0.15, -0.1) is 0 Å². The maximum absolute atomic E-state index is 12.7. The minimum absolute atomic E-state index is 0.117. The Labute approximate surface area is 93.4 Å². The molecular formula is C10H5F3N2O2. The van der Waals surface area contributed by atoms with Crippen molar-refractivity contribution in [2.75, 3.05) is 0 Å². The number of primary amides is 1. The van der Waals surface area contributed by atoms with Crippen molar-refractivity contribution in [1.82, 2.24) is 0 Å². The highest BCUT2D eigenvalue weighted by molar-refractivity contribution is 5.98. The summed E-state index contributed by atoms with van der Waals surface area (Å²) in [5.41, 5.74) is 1.14. The van der Waals surface area contributed by atoms with E-state index in [9.17, 15) is 22.8 Å². The molecule has 0 aliphatic rings. The molecule has 88 valence electrons. The molecule has 1 rings (SSSR count). The van der Waals surface area contributed by atoms with Gasteiger partial charge in [-0.2, -0.15) is 18.4 Å². The molecule has 0 saturated heterocycles. The van der Waals surface area contributed by atoms with Crippen molar-refractivity contribution in [3.8, 4) is 6.07 Å². The molecular weight excluding hydrogens is 237 g/mol. The lowest BCUT2D eigenvalue weighted by Crippen LogP contribution is -2.21. The summed E-state index contributed by atoms with van der Waals surface area (Å²) in [6, 6.07) is 3.16. The minimum atomic E-state index is -4.94. The maximum atomic E-state index is 12.7. The molecule has 0 radical (unpaired) electrons. The number of amides is 1. The number of nitriles is 1. The summed E-state index contributed by atoms with van der Waals surface area (Å²) in [6.07, 6.45) is -5.05. The maximum Gasteiger partial charge on any atom is 0.417 e. The van der Waals surface area contributed by atoms with Crippen LogP contribution in [0.15, 0.2) is 12.1 Å². The highest BCUT2D eigenvalue weighted by atomic mass is 19.4. The van der Waals surface area contributed by atoms with Crippen LogP contribution in [0.3, 0.4) is 0 Å². The molecule has 0 unspecified atom stereocenters. The molecule has 0 aliphatic carbocycles. The number of alkyl halides is 3. The molecule has 0 aliphatic heterocycles. The minimum Gasteiger partial charge on any atom is -0.366 e. The number of benzene rings is 1. The quantitative estimate of drug-likeness (QED) is 0.797. The molecule has 7 heteroatoms. The zero-order valence-corrected chi connectivity index (χ0v) is 8.21. The van der Waals surface area contributed by atoms with Gasteiger partial charge in [0.25, 0.3) is 0 Å².